The van der Waals surface area contributed by atoms with Crippen LogP contribution in [-0.4, -0.2) is 46.7 Å². The van der Waals surface area contributed by atoms with E-state index in [2.05, 4.69) is 16.8 Å². The van der Waals surface area contributed by atoms with Crippen LogP contribution in [0.2, 0.25) is 0 Å². The second kappa shape index (κ2) is 7.97. The zero-order valence-corrected chi connectivity index (χ0v) is 14.5. The van der Waals surface area contributed by atoms with E-state index in [1.807, 2.05) is 0 Å². The van der Waals surface area contributed by atoms with E-state index in [4.69, 9.17) is 4.74 Å². The fourth-order valence-electron chi connectivity index (χ4n) is 3.87. The van der Waals surface area contributed by atoms with Gasteiger partial charge in [0.15, 0.2) is 0 Å². The Bertz CT molecular complexity index is 568. The summed E-state index contributed by atoms with van der Waals surface area (Å²) in [6, 6.07) is 0. The van der Waals surface area contributed by atoms with E-state index in [1.54, 1.807) is 6.20 Å². The largest absolute Gasteiger partial charge is 0.489 e. The van der Waals surface area contributed by atoms with Crippen molar-refractivity contribution in [2.24, 2.45) is 5.92 Å². The second-order valence-corrected chi connectivity index (χ2v) is 7.13. The Hall–Kier alpha value is -1.62. The molecule has 1 fully saturated rings. The number of rotatable bonds is 6. The topological polar surface area (TPSA) is 62.7 Å². The number of aryl methyl sites for hydroxylation is 1. The van der Waals surface area contributed by atoms with Gasteiger partial charge in [0.1, 0.15) is 11.3 Å². The third-order valence-electron chi connectivity index (χ3n) is 5.35. The Morgan fingerprint density at radius 3 is 2.83 bits per heavy atom. The highest BCUT2D eigenvalue weighted by atomic mass is 16.5. The molecule has 1 aromatic heterocycles. The van der Waals surface area contributed by atoms with E-state index >= 15 is 0 Å². The van der Waals surface area contributed by atoms with Crippen LogP contribution in [0, 0.1) is 5.92 Å². The van der Waals surface area contributed by atoms with Crippen LogP contribution in [0.15, 0.2) is 12.4 Å². The molecule has 0 amide bonds. The van der Waals surface area contributed by atoms with Gasteiger partial charge in [0, 0.05) is 18.0 Å². The molecule has 3 heterocycles. The highest BCUT2D eigenvalue weighted by molar-refractivity contribution is 5.91. The highest BCUT2D eigenvalue weighted by Crippen LogP contribution is 2.34. The standard InChI is InChI=1S/C19H28N2O3/c1-2-3-8-21-9-6-14(7-10-21)11-16-5-4-15-12-20-13-17(19(22)23)18(15)24-16/h12-14,16H,2-11H2,1H3,(H,22,23). The minimum Gasteiger partial charge on any atom is -0.489 e. The molecule has 1 saturated heterocycles. The van der Waals surface area contributed by atoms with Crippen LogP contribution in [-0.2, 0) is 6.42 Å². The Morgan fingerprint density at radius 2 is 2.12 bits per heavy atom. The van der Waals surface area contributed by atoms with Gasteiger partial charge in [-0.2, -0.15) is 0 Å². The molecule has 0 radical (unpaired) electrons. The molecule has 1 aromatic rings. The zero-order chi connectivity index (χ0) is 16.9. The van der Waals surface area contributed by atoms with Gasteiger partial charge in [-0.3, -0.25) is 4.98 Å². The monoisotopic (exact) mass is 332 g/mol. The van der Waals surface area contributed by atoms with Crippen molar-refractivity contribution in [3.05, 3.63) is 23.5 Å². The van der Waals surface area contributed by atoms with Crippen molar-refractivity contribution < 1.29 is 14.6 Å². The van der Waals surface area contributed by atoms with E-state index in [1.165, 1.54) is 51.5 Å². The van der Waals surface area contributed by atoms with E-state index in [0.717, 1.165) is 24.8 Å². The molecule has 5 nitrogen and oxygen atoms in total. The number of hydrogen-bond donors (Lipinski definition) is 1. The maximum Gasteiger partial charge on any atom is 0.341 e. The molecular weight excluding hydrogens is 304 g/mol. The lowest BCUT2D eigenvalue weighted by Crippen LogP contribution is -2.36. The highest BCUT2D eigenvalue weighted by Gasteiger charge is 2.28. The van der Waals surface area contributed by atoms with Crippen molar-refractivity contribution in [3.8, 4) is 5.75 Å². The van der Waals surface area contributed by atoms with Gasteiger partial charge < -0.3 is 14.7 Å². The van der Waals surface area contributed by atoms with Gasteiger partial charge in [-0.05, 0) is 64.1 Å². The molecule has 1 unspecified atom stereocenters. The molecule has 1 N–H and O–H groups in total. The van der Waals surface area contributed by atoms with Crippen molar-refractivity contribution in [2.45, 2.75) is 58.0 Å². The van der Waals surface area contributed by atoms with Crippen LogP contribution >= 0.6 is 0 Å². The minimum atomic E-state index is -0.954. The number of hydrogen-bond acceptors (Lipinski definition) is 4. The molecule has 3 rings (SSSR count). The summed E-state index contributed by atoms with van der Waals surface area (Å²) in [5.74, 6) is 0.294. The third-order valence-corrected chi connectivity index (χ3v) is 5.35. The number of aromatic nitrogens is 1. The molecule has 0 spiro atoms. The Balaban J connectivity index is 1.54. The first-order valence-electron chi connectivity index (χ1n) is 9.26. The molecule has 0 aliphatic carbocycles. The first kappa shape index (κ1) is 17.2. The molecule has 2 aliphatic rings. The smallest absolute Gasteiger partial charge is 0.341 e. The van der Waals surface area contributed by atoms with Gasteiger partial charge in [-0.1, -0.05) is 13.3 Å². The zero-order valence-electron chi connectivity index (χ0n) is 14.5. The predicted molar refractivity (Wildman–Crippen MR) is 92.6 cm³/mol. The van der Waals surface area contributed by atoms with Gasteiger partial charge in [0.2, 0.25) is 0 Å². The second-order valence-electron chi connectivity index (χ2n) is 7.13. The lowest BCUT2D eigenvalue weighted by Gasteiger charge is -2.35. The van der Waals surface area contributed by atoms with Gasteiger partial charge in [-0.25, -0.2) is 4.79 Å². The lowest BCUT2D eigenvalue weighted by atomic mass is 9.88. The van der Waals surface area contributed by atoms with Gasteiger partial charge >= 0.3 is 5.97 Å². The Kier molecular flexibility index (Phi) is 5.72. The predicted octanol–water partition coefficient (Wildman–Crippen LogP) is 3.38. The number of nitrogens with zero attached hydrogens (tertiary/aromatic N) is 2. The fraction of sp³-hybridized carbons (Fsp3) is 0.684. The van der Waals surface area contributed by atoms with E-state index in [0.29, 0.717) is 11.7 Å². The summed E-state index contributed by atoms with van der Waals surface area (Å²) in [4.78, 5) is 18.0. The van der Waals surface area contributed by atoms with Crippen molar-refractivity contribution >= 4 is 5.97 Å². The van der Waals surface area contributed by atoms with E-state index in [-0.39, 0.29) is 11.7 Å². The number of pyridine rings is 1. The first-order valence-corrected chi connectivity index (χ1v) is 9.26. The number of ether oxygens (including phenoxy) is 1. The maximum absolute atomic E-state index is 11.4. The van der Waals surface area contributed by atoms with E-state index < -0.39 is 5.97 Å². The molecule has 24 heavy (non-hydrogen) atoms. The quantitative estimate of drug-likeness (QED) is 0.865. The SMILES string of the molecule is CCCCN1CCC(CC2CCc3cncc(C(=O)O)c3O2)CC1. The van der Waals surface area contributed by atoms with Crippen molar-refractivity contribution in [3.63, 3.8) is 0 Å². The van der Waals surface area contributed by atoms with Crippen LogP contribution in [0.4, 0.5) is 0 Å². The van der Waals surface area contributed by atoms with Crippen LogP contribution in [0.3, 0.4) is 0 Å². The molecule has 0 aromatic carbocycles. The van der Waals surface area contributed by atoms with Gasteiger partial charge in [-0.15, -0.1) is 0 Å². The normalized spacial score (nSPS) is 22.0. The average Bonchev–Trinajstić information content (AvgIpc) is 2.60. The molecule has 132 valence electrons. The van der Waals surface area contributed by atoms with Crippen LogP contribution < -0.4 is 4.74 Å². The van der Waals surface area contributed by atoms with Crippen LogP contribution in [0.25, 0.3) is 0 Å². The number of fused-ring (bicyclic) bond motifs is 1. The molecule has 5 heteroatoms. The molecule has 1 atom stereocenters. The fourth-order valence-corrected chi connectivity index (χ4v) is 3.87. The molecular formula is C19H28N2O3. The van der Waals surface area contributed by atoms with Gasteiger partial charge in [0.25, 0.3) is 0 Å². The van der Waals surface area contributed by atoms with Crippen LogP contribution in [0.1, 0.15) is 61.4 Å². The van der Waals surface area contributed by atoms with Crippen molar-refractivity contribution in [2.75, 3.05) is 19.6 Å². The summed E-state index contributed by atoms with van der Waals surface area (Å²) >= 11 is 0. The number of carbonyl (C=O) groups is 1. The molecule has 2 aliphatic heterocycles. The van der Waals surface area contributed by atoms with E-state index in [9.17, 15) is 9.90 Å². The number of carboxylic acids is 1. The number of unbranched alkanes of at least 4 members (excludes halogenated alkanes) is 1. The summed E-state index contributed by atoms with van der Waals surface area (Å²) < 4.78 is 6.08. The molecule has 0 bridgehead atoms. The molecule has 0 saturated carbocycles. The summed E-state index contributed by atoms with van der Waals surface area (Å²) in [5, 5.41) is 9.32. The summed E-state index contributed by atoms with van der Waals surface area (Å²) in [6.07, 6.45) is 11.2. The minimum absolute atomic E-state index is 0.144. The Morgan fingerprint density at radius 1 is 1.33 bits per heavy atom. The Labute approximate surface area is 144 Å². The maximum atomic E-state index is 11.4. The summed E-state index contributed by atoms with van der Waals surface area (Å²) in [7, 11) is 0. The van der Waals surface area contributed by atoms with Crippen LogP contribution in [0.5, 0.6) is 5.75 Å². The number of piperidine rings is 1. The van der Waals surface area contributed by atoms with Crippen molar-refractivity contribution in [1.82, 2.24) is 9.88 Å². The number of likely N-dealkylation sites (tertiary alicyclic amines) is 1. The van der Waals surface area contributed by atoms with Crippen molar-refractivity contribution in [1.29, 1.82) is 0 Å². The average molecular weight is 332 g/mol. The summed E-state index contributed by atoms with van der Waals surface area (Å²) in [6.45, 7) is 5.86. The number of aromatic carboxylic acids is 1. The first-order chi connectivity index (χ1) is 11.7. The van der Waals surface area contributed by atoms with Gasteiger partial charge in [0.05, 0.1) is 6.10 Å². The summed E-state index contributed by atoms with van der Waals surface area (Å²) in [5.41, 5.74) is 1.13. The third kappa shape index (κ3) is 4.07. The lowest BCUT2D eigenvalue weighted by molar-refractivity contribution is 0.0678. The number of carboxylic acid groups (broad SMARTS) is 1.